The van der Waals surface area contributed by atoms with Crippen LogP contribution >= 0.6 is 47.0 Å². The van der Waals surface area contributed by atoms with Crippen molar-refractivity contribution < 1.29 is 76.7 Å². The Morgan fingerprint density at radius 1 is 0.500 bits per heavy atom. The molecule has 1 fully saturated rings. The van der Waals surface area contributed by atoms with Crippen molar-refractivity contribution in [3.8, 4) is 0 Å². The molecule has 0 aromatic heterocycles. The van der Waals surface area contributed by atoms with E-state index in [0.29, 0.717) is 53.9 Å². The summed E-state index contributed by atoms with van der Waals surface area (Å²) in [7, 11) is 0. The molecule has 394 valence electrons. The van der Waals surface area contributed by atoms with Crippen LogP contribution in [0.3, 0.4) is 0 Å². The fourth-order valence-corrected chi connectivity index (χ4v) is 7.80. The van der Waals surface area contributed by atoms with E-state index in [2.05, 4.69) is 33.2 Å². The molecule has 0 N–H and O–H groups in total. The largest absolute Gasteiger partial charge is 0.373 e. The number of carbonyl (C=O) groups excluding carboxylic acids is 16. The molecule has 0 bridgehead atoms. The first-order chi connectivity index (χ1) is 32.8. The highest BCUT2D eigenvalue weighted by Crippen LogP contribution is 2.28. The number of carbonyl (C=O) groups is 8. The fourth-order valence-electron chi connectivity index (χ4n) is 4.81. The lowest BCUT2D eigenvalue weighted by Gasteiger charge is -2.08. The summed E-state index contributed by atoms with van der Waals surface area (Å²) in [6.07, 6.45) is 15.9. The Bertz CT molecular complexity index is 1700. The van der Waals surface area contributed by atoms with Crippen LogP contribution in [-0.2, 0) is 76.7 Å². The average molecular weight is 1060 g/mol. The molecule has 2 unspecified atom stereocenters. The van der Waals surface area contributed by atoms with E-state index in [1.165, 1.54) is 72.7 Å². The molecule has 70 heavy (non-hydrogen) atoms. The van der Waals surface area contributed by atoms with Crippen LogP contribution < -0.4 is 0 Å². The zero-order chi connectivity index (χ0) is 55.9. The van der Waals surface area contributed by atoms with Crippen molar-refractivity contribution in [2.24, 2.45) is 11.8 Å². The first kappa shape index (κ1) is 79.4. The van der Waals surface area contributed by atoms with E-state index in [-0.39, 0.29) is 74.1 Å². The topological polar surface area (TPSA) is 273 Å². The van der Waals surface area contributed by atoms with Gasteiger partial charge in [-0.2, -0.15) is 38.4 Å². The Hall–Kier alpha value is -4.76. The summed E-state index contributed by atoms with van der Waals surface area (Å²) in [5.74, 6) is 4.47. The van der Waals surface area contributed by atoms with Gasteiger partial charge in [0.15, 0.2) is 43.6 Å². The van der Waals surface area contributed by atoms with E-state index in [4.69, 9.17) is 38.4 Å². The normalized spacial score (nSPS) is 11.4. The molecule has 1 aliphatic heterocycles. The zero-order valence-electron chi connectivity index (χ0n) is 42.3. The van der Waals surface area contributed by atoms with Gasteiger partial charge in [-0.1, -0.05) is 112 Å². The second-order valence-electron chi connectivity index (χ2n) is 15.2. The lowest BCUT2D eigenvalue weighted by molar-refractivity contribution is -0.193. The average Bonchev–Trinajstić information content (AvgIpc) is 3.67. The predicted molar refractivity (Wildman–Crippen MR) is 273 cm³/mol. The monoisotopic (exact) mass is 1060 g/mol. The van der Waals surface area contributed by atoms with Crippen LogP contribution in [0.2, 0.25) is 0 Å². The summed E-state index contributed by atoms with van der Waals surface area (Å²) in [5, 5.41) is 0.702. The van der Waals surface area contributed by atoms with Crippen LogP contribution in [0, 0.1) is 11.8 Å². The minimum atomic E-state index is -0.0424. The van der Waals surface area contributed by atoms with Crippen molar-refractivity contribution >= 4 is 115 Å². The van der Waals surface area contributed by atoms with Crippen LogP contribution in [0.1, 0.15) is 158 Å². The Kier molecular flexibility index (Phi) is 68.4. The SMILES string of the molecule is C=C(C)C(=O)CC1CCSC1=O.C=C(C)C(=O)CCCC(C)CSC(C)=O.C=C(C)C(=O)CCCCCCCCCSC(C)=O.C=C(C)C(=O)CCCCSC(C)=O.O=C=O.O=C=O.O=C=O.O=C=O. The third-order valence-electron chi connectivity index (χ3n) is 8.51. The van der Waals surface area contributed by atoms with Crippen molar-refractivity contribution in [1.29, 1.82) is 0 Å². The number of unbranched alkanes of at least 4 members (excludes halogenated alkanes) is 7. The van der Waals surface area contributed by atoms with Gasteiger partial charge in [-0.25, -0.2) is 0 Å². The van der Waals surface area contributed by atoms with Crippen LogP contribution in [0.15, 0.2) is 48.6 Å². The second kappa shape index (κ2) is 60.4. The molecule has 0 spiro atoms. The number of allylic oxidation sites excluding steroid dienone is 4. The Labute approximate surface area is 431 Å². The molecule has 1 aliphatic rings. The Balaban J connectivity index is -0.000000141. The second-order valence-corrected chi connectivity index (χ2v) is 20.0. The summed E-state index contributed by atoms with van der Waals surface area (Å²) in [4.78, 5) is 153. The lowest BCUT2D eigenvalue weighted by Crippen LogP contribution is -2.11. The fraction of sp³-hybridized carbons (Fsp3) is 0.600. The van der Waals surface area contributed by atoms with Crippen molar-refractivity contribution in [1.82, 2.24) is 0 Å². The molecule has 2 atom stereocenters. The van der Waals surface area contributed by atoms with Gasteiger partial charge in [-0.3, -0.25) is 38.4 Å². The molecule has 16 nitrogen and oxygen atoms in total. The van der Waals surface area contributed by atoms with E-state index in [0.717, 1.165) is 74.4 Å². The van der Waals surface area contributed by atoms with Crippen LogP contribution in [0.4, 0.5) is 0 Å². The highest BCUT2D eigenvalue weighted by Gasteiger charge is 2.27. The third kappa shape index (κ3) is 74.8. The van der Waals surface area contributed by atoms with Crippen molar-refractivity contribution in [3.63, 3.8) is 0 Å². The van der Waals surface area contributed by atoms with Gasteiger partial charge < -0.3 is 0 Å². The van der Waals surface area contributed by atoms with Gasteiger partial charge in [0.05, 0.1) is 0 Å². The lowest BCUT2D eigenvalue weighted by atomic mass is 9.99. The Morgan fingerprint density at radius 3 is 1.11 bits per heavy atom. The molecule has 1 saturated heterocycles. The van der Waals surface area contributed by atoms with E-state index < -0.39 is 0 Å². The smallest absolute Gasteiger partial charge is 0.295 e. The summed E-state index contributed by atoms with van der Waals surface area (Å²) in [6, 6.07) is 0. The molecule has 0 aromatic carbocycles. The van der Waals surface area contributed by atoms with Gasteiger partial charge in [-0.05, 0) is 101 Å². The van der Waals surface area contributed by atoms with Crippen molar-refractivity contribution in [2.45, 2.75) is 158 Å². The number of ketones is 4. The van der Waals surface area contributed by atoms with Crippen LogP contribution in [-0.4, -0.2) is 91.2 Å². The van der Waals surface area contributed by atoms with Crippen molar-refractivity contribution in [2.75, 3.05) is 23.0 Å². The first-order valence-electron chi connectivity index (χ1n) is 22.1. The molecular weight excluding hydrogens is 985 g/mol. The van der Waals surface area contributed by atoms with Crippen LogP contribution in [0.25, 0.3) is 0 Å². The quantitative estimate of drug-likeness (QED) is 0.0546. The minimum Gasteiger partial charge on any atom is -0.295 e. The zero-order valence-corrected chi connectivity index (χ0v) is 45.6. The van der Waals surface area contributed by atoms with Crippen molar-refractivity contribution in [3.05, 3.63) is 48.6 Å². The molecule has 0 aliphatic carbocycles. The van der Waals surface area contributed by atoms with Gasteiger partial charge in [0.1, 0.15) is 0 Å². The highest BCUT2D eigenvalue weighted by molar-refractivity contribution is 8.14. The molecule has 20 heteroatoms. The molecule has 0 amide bonds. The van der Waals surface area contributed by atoms with Gasteiger partial charge in [-0.15, -0.1) is 0 Å². The third-order valence-corrected chi connectivity index (χ3v) is 12.5. The molecule has 0 radical (unpaired) electrons. The highest BCUT2D eigenvalue weighted by atomic mass is 32.2. The molecule has 1 heterocycles. The van der Waals surface area contributed by atoms with Gasteiger partial charge >= 0.3 is 24.6 Å². The maximum absolute atomic E-state index is 11.3. The summed E-state index contributed by atoms with van der Waals surface area (Å²) in [6.45, 7) is 28.2. The van der Waals surface area contributed by atoms with E-state index in [1.54, 1.807) is 48.5 Å². The summed E-state index contributed by atoms with van der Waals surface area (Å²) >= 11 is 5.44. The van der Waals surface area contributed by atoms with E-state index in [9.17, 15) is 38.4 Å². The molecule has 0 aromatic rings. The first-order valence-corrected chi connectivity index (χ1v) is 26.0. The number of hydrogen-bond acceptors (Lipinski definition) is 20. The standard InChI is InChI=1S/C15H26O2S.C12H20O2S.C10H16O2S.C9H12O2S.4CO2/c1-13(2)15(17)11-9-7-5-4-6-8-10-12-18-14(3)16;1-9(2)12(14)7-5-6-10(3)8-15-11(4)13;1-8(2)10(12)6-4-5-7-13-9(3)11;1-6(2)8(10)5-7-3-4-12-9(7)11;4*2-1-3/h1,4-12H2,2-3H3;10H,1,5-8H2,2-4H3;1,4-7H2,2-3H3;7H,1,3-5H2,2H3;;;;. The van der Waals surface area contributed by atoms with Gasteiger partial charge in [0, 0.05) is 75.4 Å². The maximum atomic E-state index is 11.3. The number of thioether (sulfide) groups is 4. The summed E-state index contributed by atoms with van der Waals surface area (Å²) in [5.41, 5.74) is 2.50. The number of Topliss-reactive ketones (excluding diaryl/α,β-unsaturated/α-hetero) is 4. The number of hydrogen-bond donors (Lipinski definition) is 0. The molecule has 0 saturated carbocycles. The van der Waals surface area contributed by atoms with Gasteiger partial charge in [0.2, 0.25) is 0 Å². The predicted octanol–water partition coefficient (Wildman–Crippen LogP) is 9.80. The molecular formula is C50H74O16S4. The summed E-state index contributed by atoms with van der Waals surface area (Å²) < 4.78 is 0. The number of rotatable bonds is 27. The van der Waals surface area contributed by atoms with Gasteiger partial charge in [0.25, 0.3) is 0 Å². The van der Waals surface area contributed by atoms with Crippen LogP contribution in [0.5, 0.6) is 0 Å². The van der Waals surface area contributed by atoms with E-state index >= 15 is 0 Å². The molecule has 1 rings (SSSR count). The Morgan fingerprint density at radius 2 is 0.800 bits per heavy atom. The minimum absolute atomic E-state index is 0.0239. The van der Waals surface area contributed by atoms with E-state index in [1.807, 2.05) is 0 Å². The maximum Gasteiger partial charge on any atom is 0.373 e.